The average molecular weight is 314 g/mol. The van der Waals surface area contributed by atoms with Crippen LogP contribution >= 0.6 is 11.3 Å². The number of nitrogens with one attached hydrogen (secondary N) is 2. The Morgan fingerprint density at radius 3 is 2.91 bits per heavy atom. The molecule has 0 fully saturated rings. The molecule has 5 heteroatoms. The standard InChI is InChI=1S/C17H18N2O2S/c1-9-5-4-7-11(14(9)20)15-18-16(21)13-10-6-2-3-8-12(10)22-17(13)19-15/h4-5,7,15,19-20H,2-3,6,8H2,1H3,(H,18,21)/t15-/m0/s1. The molecule has 1 aromatic heterocycles. The molecular weight excluding hydrogens is 296 g/mol. The van der Waals surface area contributed by atoms with Gasteiger partial charge in [-0.2, -0.15) is 0 Å². The van der Waals surface area contributed by atoms with Crippen LogP contribution in [0.4, 0.5) is 5.00 Å². The minimum absolute atomic E-state index is 0.0287. The van der Waals surface area contributed by atoms with Crippen LogP contribution in [0.3, 0.4) is 0 Å². The number of rotatable bonds is 1. The molecule has 1 amide bonds. The maximum atomic E-state index is 12.6. The average Bonchev–Trinajstić information content (AvgIpc) is 2.88. The lowest BCUT2D eigenvalue weighted by atomic mass is 9.94. The van der Waals surface area contributed by atoms with Crippen LogP contribution in [0.1, 0.15) is 50.9 Å². The first-order valence-electron chi connectivity index (χ1n) is 7.65. The van der Waals surface area contributed by atoms with E-state index in [0.717, 1.165) is 35.4 Å². The molecule has 1 aromatic carbocycles. The Morgan fingerprint density at radius 2 is 2.05 bits per heavy atom. The smallest absolute Gasteiger partial charge is 0.256 e. The van der Waals surface area contributed by atoms with Gasteiger partial charge < -0.3 is 15.7 Å². The maximum Gasteiger partial charge on any atom is 0.256 e. The molecule has 0 unspecified atom stereocenters. The molecule has 1 aliphatic heterocycles. The Morgan fingerprint density at radius 1 is 1.23 bits per heavy atom. The van der Waals surface area contributed by atoms with E-state index >= 15 is 0 Å². The molecule has 0 saturated carbocycles. The largest absolute Gasteiger partial charge is 0.507 e. The van der Waals surface area contributed by atoms with Gasteiger partial charge in [0.25, 0.3) is 5.91 Å². The number of amides is 1. The number of aromatic hydroxyl groups is 1. The number of hydrogen-bond acceptors (Lipinski definition) is 4. The minimum Gasteiger partial charge on any atom is -0.507 e. The molecule has 4 nitrogen and oxygen atoms in total. The van der Waals surface area contributed by atoms with E-state index in [1.807, 2.05) is 25.1 Å². The molecule has 22 heavy (non-hydrogen) atoms. The summed E-state index contributed by atoms with van der Waals surface area (Å²) in [6.45, 7) is 1.86. The Bertz CT molecular complexity index is 766. The maximum absolute atomic E-state index is 12.6. The number of phenolic OH excluding ortho intramolecular Hbond substituents is 1. The summed E-state index contributed by atoms with van der Waals surface area (Å²) in [5, 5.41) is 17.6. The molecule has 1 aliphatic carbocycles. The Kier molecular flexibility index (Phi) is 3.11. The van der Waals surface area contributed by atoms with Crippen molar-refractivity contribution in [3.05, 3.63) is 45.3 Å². The summed E-state index contributed by atoms with van der Waals surface area (Å²) in [4.78, 5) is 13.9. The third-order valence-electron chi connectivity index (χ3n) is 4.53. The third-order valence-corrected chi connectivity index (χ3v) is 5.75. The SMILES string of the molecule is Cc1cccc([C@H]2NC(=O)c3c(sc4c3CCCC4)N2)c1O. The molecule has 0 bridgehead atoms. The zero-order valence-electron chi connectivity index (χ0n) is 12.4. The summed E-state index contributed by atoms with van der Waals surface area (Å²) in [5.74, 6) is 0.212. The quantitative estimate of drug-likeness (QED) is 0.755. The van der Waals surface area contributed by atoms with Crippen LogP contribution in [0, 0.1) is 6.92 Å². The van der Waals surface area contributed by atoms with E-state index in [4.69, 9.17) is 0 Å². The van der Waals surface area contributed by atoms with Crippen LogP contribution in [-0.2, 0) is 12.8 Å². The molecule has 114 valence electrons. The number of hydrogen-bond donors (Lipinski definition) is 3. The van der Waals surface area contributed by atoms with Gasteiger partial charge in [-0.05, 0) is 43.7 Å². The molecule has 3 N–H and O–H groups in total. The van der Waals surface area contributed by atoms with Crippen molar-refractivity contribution in [1.82, 2.24) is 5.32 Å². The lowest BCUT2D eigenvalue weighted by molar-refractivity contribution is 0.0935. The van der Waals surface area contributed by atoms with Crippen molar-refractivity contribution in [3.63, 3.8) is 0 Å². The predicted octanol–water partition coefficient (Wildman–Crippen LogP) is 3.50. The van der Waals surface area contributed by atoms with Gasteiger partial charge in [-0.25, -0.2) is 0 Å². The number of carbonyl (C=O) groups is 1. The molecule has 4 rings (SSSR count). The zero-order valence-corrected chi connectivity index (χ0v) is 13.2. The van der Waals surface area contributed by atoms with Gasteiger partial charge in [-0.15, -0.1) is 11.3 Å². The minimum atomic E-state index is -0.375. The van der Waals surface area contributed by atoms with Crippen molar-refractivity contribution < 1.29 is 9.90 Å². The number of phenols is 1. The van der Waals surface area contributed by atoms with Gasteiger partial charge in [0, 0.05) is 10.4 Å². The normalized spacial score (nSPS) is 19.9. The molecule has 2 heterocycles. The number of carbonyl (C=O) groups excluding carboxylic acids is 1. The molecule has 2 aliphatic rings. The van der Waals surface area contributed by atoms with Crippen LogP contribution in [-0.4, -0.2) is 11.0 Å². The number of aryl methyl sites for hydroxylation is 2. The van der Waals surface area contributed by atoms with E-state index in [1.165, 1.54) is 16.9 Å². The lowest BCUT2D eigenvalue weighted by Gasteiger charge is -2.27. The first-order chi connectivity index (χ1) is 10.6. The topological polar surface area (TPSA) is 61.4 Å². The molecule has 0 radical (unpaired) electrons. The van der Waals surface area contributed by atoms with E-state index in [2.05, 4.69) is 10.6 Å². The molecular formula is C17H18N2O2S. The number of anilines is 1. The Balaban J connectivity index is 1.75. The highest BCUT2D eigenvalue weighted by molar-refractivity contribution is 7.16. The van der Waals surface area contributed by atoms with Crippen LogP contribution in [0.25, 0.3) is 0 Å². The fourth-order valence-corrected chi connectivity index (χ4v) is 4.66. The Hall–Kier alpha value is -2.01. The Labute approximate surface area is 133 Å². The molecule has 1 atom stereocenters. The van der Waals surface area contributed by atoms with E-state index in [0.29, 0.717) is 5.56 Å². The molecule has 0 spiro atoms. The van der Waals surface area contributed by atoms with Crippen molar-refractivity contribution in [3.8, 4) is 5.75 Å². The van der Waals surface area contributed by atoms with Crippen molar-refractivity contribution in [1.29, 1.82) is 0 Å². The second kappa shape index (κ2) is 5.02. The summed E-state index contributed by atoms with van der Waals surface area (Å²) in [7, 11) is 0. The first kappa shape index (κ1) is 13.6. The highest BCUT2D eigenvalue weighted by Crippen LogP contribution is 2.42. The summed E-state index contributed by atoms with van der Waals surface area (Å²) < 4.78 is 0. The molecule has 2 aromatic rings. The monoisotopic (exact) mass is 314 g/mol. The van der Waals surface area contributed by atoms with Crippen LogP contribution < -0.4 is 10.6 Å². The summed E-state index contributed by atoms with van der Waals surface area (Å²) in [5.41, 5.74) is 3.57. The van der Waals surface area contributed by atoms with Gasteiger partial charge in [-0.1, -0.05) is 18.2 Å². The van der Waals surface area contributed by atoms with Gasteiger partial charge in [0.1, 0.15) is 16.9 Å². The van der Waals surface area contributed by atoms with Gasteiger partial charge in [0.15, 0.2) is 0 Å². The predicted molar refractivity (Wildman–Crippen MR) is 87.6 cm³/mol. The number of para-hydroxylation sites is 1. The van der Waals surface area contributed by atoms with Gasteiger partial charge in [-0.3, -0.25) is 4.79 Å². The number of thiophene rings is 1. The van der Waals surface area contributed by atoms with Crippen molar-refractivity contribution >= 4 is 22.2 Å². The van der Waals surface area contributed by atoms with Crippen molar-refractivity contribution in [2.45, 2.75) is 38.8 Å². The van der Waals surface area contributed by atoms with E-state index in [-0.39, 0.29) is 17.8 Å². The fourth-order valence-electron chi connectivity index (χ4n) is 3.35. The third kappa shape index (κ3) is 2.00. The summed E-state index contributed by atoms with van der Waals surface area (Å²) in [6, 6.07) is 5.60. The van der Waals surface area contributed by atoms with Crippen molar-refractivity contribution in [2.75, 3.05) is 5.32 Å². The number of benzene rings is 1. The van der Waals surface area contributed by atoms with E-state index < -0.39 is 0 Å². The highest BCUT2D eigenvalue weighted by atomic mass is 32.1. The van der Waals surface area contributed by atoms with Gasteiger partial charge >= 0.3 is 0 Å². The first-order valence-corrected chi connectivity index (χ1v) is 8.47. The second-order valence-electron chi connectivity index (χ2n) is 5.98. The summed E-state index contributed by atoms with van der Waals surface area (Å²) >= 11 is 1.70. The second-order valence-corrected chi connectivity index (χ2v) is 7.08. The lowest BCUT2D eigenvalue weighted by Crippen LogP contribution is -2.38. The van der Waals surface area contributed by atoms with Crippen LogP contribution in [0.5, 0.6) is 5.75 Å². The molecule has 0 saturated heterocycles. The van der Waals surface area contributed by atoms with E-state index in [9.17, 15) is 9.90 Å². The zero-order chi connectivity index (χ0) is 15.3. The van der Waals surface area contributed by atoms with E-state index in [1.54, 1.807) is 11.3 Å². The van der Waals surface area contributed by atoms with Gasteiger partial charge in [0.2, 0.25) is 0 Å². The van der Waals surface area contributed by atoms with Crippen LogP contribution in [0.15, 0.2) is 18.2 Å². The fraction of sp³-hybridized carbons (Fsp3) is 0.353. The number of fused-ring (bicyclic) bond motifs is 3. The van der Waals surface area contributed by atoms with Crippen molar-refractivity contribution in [2.24, 2.45) is 0 Å². The van der Waals surface area contributed by atoms with Gasteiger partial charge in [0.05, 0.1) is 5.56 Å². The highest BCUT2D eigenvalue weighted by Gasteiger charge is 2.32. The summed E-state index contributed by atoms with van der Waals surface area (Å²) in [6.07, 6.45) is 4.06. The van der Waals surface area contributed by atoms with Crippen LogP contribution in [0.2, 0.25) is 0 Å².